The minimum Gasteiger partial charge on any atom is -0.480 e. The Morgan fingerprint density at radius 3 is 2.94 bits per heavy atom. The maximum atomic E-state index is 11.6. The predicted octanol–water partition coefficient (Wildman–Crippen LogP) is -0.887. The van der Waals surface area contributed by atoms with Crippen LogP contribution in [-0.2, 0) is 27.9 Å². The van der Waals surface area contributed by atoms with E-state index in [0.29, 0.717) is 18.9 Å². The molecular formula is C8H11N3O4S. The van der Waals surface area contributed by atoms with Crippen LogP contribution in [0.3, 0.4) is 0 Å². The minimum absolute atomic E-state index is 0.141. The third-order valence-electron chi connectivity index (χ3n) is 2.41. The van der Waals surface area contributed by atoms with E-state index in [4.69, 9.17) is 5.11 Å². The second-order valence-electron chi connectivity index (χ2n) is 3.52. The summed E-state index contributed by atoms with van der Waals surface area (Å²) in [5, 5.41) is 8.51. The van der Waals surface area contributed by atoms with E-state index < -0.39 is 21.7 Å². The van der Waals surface area contributed by atoms with Crippen LogP contribution in [0.1, 0.15) is 5.82 Å². The van der Waals surface area contributed by atoms with Gasteiger partial charge in [-0.25, -0.2) is 13.4 Å². The highest BCUT2D eigenvalue weighted by Crippen LogP contribution is 2.14. The van der Waals surface area contributed by atoms with Crippen molar-refractivity contribution in [3.8, 4) is 0 Å². The average molecular weight is 245 g/mol. The Morgan fingerprint density at radius 2 is 2.25 bits per heavy atom. The summed E-state index contributed by atoms with van der Waals surface area (Å²) in [4.78, 5) is 14.4. The van der Waals surface area contributed by atoms with E-state index in [1.165, 1.54) is 0 Å². The number of sulfonamides is 1. The molecule has 1 aromatic heterocycles. The summed E-state index contributed by atoms with van der Waals surface area (Å²) < 4.78 is 26.3. The van der Waals surface area contributed by atoms with Gasteiger partial charge >= 0.3 is 5.97 Å². The van der Waals surface area contributed by atoms with Crippen LogP contribution in [0.2, 0.25) is 0 Å². The highest BCUT2D eigenvalue weighted by Gasteiger charge is 2.29. The molecule has 0 bridgehead atoms. The molecule has 0 amide bonds. The molecule has 1 N–H and O–H groups in total. The third kappa shape index (κ3) is 2.07. The average Bonchev–Trinajstić information content (AvgIpc) is 2.61. The fraction of sp³-hybridized carbons (Fsp3) is 0.500. The largest absolute Gasteiger partial charge is 0.480 e. The van der Waals surface area contributed by atoms with E-state index in [1.807, 2.05) is 4.57 Å². The zero-order valence-corrected chi connectivity index (χ0v) is 9.22. The van der Waals surface area contributed by atoms with Crippen LogP contribution in [0.5, 0.6) is 0 Å². The van der Waals surface area contributed by atoms with E-state index in [1.54, 1.807) is 12.4 Å². The molecule has 0 fully saturated rings. The lowest BCUT2D eigenvalue weighted by atomic mass is 10.4. The molecule has 1 aliphatic rings. The lowest BCUT2D eigenvalue weighted by Crippen LogP contribution is -2.40. The van der Waals surface area contributed by atoms with Crippen molar-refractivity contribution in [1.29, 1.82) is 0 Å². The standard InChI is InChI=1S/C8H11N3O4S/c12-8(13)6-16(14,15)11-4-3-10-2-1-9-7(10)5-11/h1-2H,3-6H2,(H,12,13). The second-order valence-corrected chi connectivity index (χ2v) is 5.49. The van der Waals surface area contributed by atoms with Crippen molar-refractivity contribution in [3.63, 3.8) is 0 Å². The molecule has 2 heterocycles. The van der Waals surface area contributed by atoms with Crippen LogP contribution in [0.15, 0.2) is 12.4 Å². The lowest BCUT2D eigenvalue weighted by Gasteiger charge is -2.26. The van der Waals surface area contributed by atoms with Gasteiger partial charge in [-0.1, -0.05) is 0 Å². The Kier molecular flexibility index (Phi) is 2.68. The van der Waals surface area contributed by atoms with E-state index in [-0.39, 0.29) is 6.54 Å². The number of carboxylic acids is 1. The second kappa shape index (κ2) is 3.87. The van der Waals surface area contributed by atoms with Crippen LogP contribution in [0.25, 0.3) is 0 Å². The van der Waals surface area contributed by atoms with E-state index in [2.05, 4.69) is 4.98 Å². The first-order valence-electron chi connectivity index (χ1n) is 4.69. The zero-order valence-electron chi connectivity index (χ0n) is 8.40. The molecule has 7 nitrogen and oxygen atoms in total. The fourth-order valence-corrected chi connectivity index (χ4v) is 2.80. The van der Waals surface area contributed by atoms with Crippen LogP contribution in [0.4, 0.5) is 0 Å². The van der Waals surface area contributed by atoms with E-state index >= 15 is 0 Å². The first-order valence-corrected chi connectivity index (χ1v) is 6.29. The van der Waals surface area contributed by atoms with Crippen molar-refractivity contribution in [3.05, 3.63) is 18.2 Å². The molecule has 0 aromatic carbocycles. The first-order chi connectivity index (χ1) is 7.49. The van der Waals surface area contributed by atoms with Gasteiger partial charge in [0.25, 0.3) is 0 Å². The van der Waals surface area contributed by atoms with Crippen LogP contribution >= 0.6 is 0 Å². The van der Waals surface area contributed by atoms with Gasteiger partial charge in [-0.2, -0.15) is 4.31 Å². The molecule has 88 valence electrons. The fourth-order valence-electron chi connectivity index (χ4n) is 1.64. The highest BCUT2D eigenvalue weighted by atomic mass is 32.2. The Hall–Kier alpha value is -1.41. The molecule has 0 unspecified atom stereocenters. The number of aliphatic carboxylic acids is 1. The summed E-state index contributed by atoms with van der Waals surface area (Å²) in [6.07, 6.45) is 3.37. The molecule has 1 aromatic rings. The highest BCUT2D eigenvalue weighted by molar-refractivity contribution is 7.89. The van der Waals surface area contributed by atoms with Crippen LogP contribution in [0, 0.1) is 0 Å². The summed E-state index contributed by atoms with van der Waals surface area (Å²) >= 11 is 0. The monoisotopic (exact) mass is 245 g/mol. The summed E-state index contributed by atoms with van der Waals surface area (Å²) in [7, 11) is -3.72. The quantitative estimate of drug-likeness (QED) is 0.746. The van der Waals surface area contributed by atoms with Gasteiger partial charge in [-0.15, -0.1) is 0 Å². The number of carboxylic acid groups (broad SMARTS) is 1. The molecule has 8 heteroatoms. The summed E-state index contributed by atoms with van der Waals surface area (Å²) in [6, 6.07) is 0. The molecular weight excluding hydrogens is 234 g/mol. The van der Waals surface area contributed by atoms with Crippen LogP contribution < -0.4 is 0 Å². The molecule has 2 rings (SSSR count). The van der Waals surface area contributed by atoms with Crippen molar-refractivity contribution < 1.29 is 18.3 Å². The number of rotatable bonds is 3. The van der Waals surface area contributed by atoms with Gasteiger partial charge in [0.2, 0.25) is 10.0 Å². The Labute approximate surface area is 92.4 Å². The van der Waals surface area contributed by atoms with Crippen LogP contribution in [-0.4, -0.2) is 45.6 Å². The van der Waals surface area contributed by atoms with E-state index in [9.17, 15) is 13.2 Å². The van der Waals surface area contributed by atoms with Crippen molar-refractivity contribution in [2.75, 3.05) is 12.3 Å². The number of imidazole rings is 1. The van der Waals surface area contributed by atoms with Gasteiger partial charge in [0.1, 0.15) is 5.82 Å². The van der Waals surface area contributed by atoms with Crippen molar-refractivity contribution in [1.82, 2.24) is 13.9 Å². The number of nitrogens with zero attached hydrogens (tertiary/aromatic N) is 3. The number of hydrogen-bond acceptors (Lipinski definition) is 4. The molecule has 0 radical (unpaired) electrons. The molecule has 0 aliphatic carbocycles. The number of fused-ring (bicyclic) bond motifs is 1. The molecule has 0 saturated heterocycles. The van der Waals surface area contributed by atoms with Gasteiger partial charge in [-0.05, 0) is 0 Å². The molecule has 1 aliphatic heterocycles. The minimum atomic E-state index is -3.72. The zero-order chi connectivity index (χ0) is 11.8. The number of carbonyl (C=O) groups is 1. The van der Waals surface area contributed by atoms with Gasteiger partial charge in [0, 0.05) is 25.5 Å². The maximum absolute atomic E-state index is 11.6. The first kappa shape index (κ1) is 11.1. The summed E-state index contributed by atoms with van der Waals surface area (Å²) in [5.41, 5.74) is 0. The molecule has 16 heavy (non-hydrogen) atoms. The topological polar surface area (TPSA) is 92.5 Å². The SMILES string of the molecule is O=C(O)CS(=O)(=O)N1CCn2ccnc2C1. The lowest BCUT2D eigenvalue weighted by molar-refractivity contribution is -0.134. The number of hydrogen-bond donors (Lipinski definition) is 1. The predicted molar refractivity (Wildman–Crippen MR) is 54.1 cm³/mol. The summed E-state index contributed by atoms with van der Waals surface area (Å²) in [5.74, 6) is -1.57. The van der Waals surface area contributed by atoms with E-state index in [0.717, 1.165) is 4.31 Å². The van der Waals surface area contributed by atoms with Crippen molar-refractivity contribution >= 4 is 16.0 Å². The molecule has 0 atom stereocenters. The smallest absolute Gasteiger partial charge is 0.320 e. The van der Waals surface area contributed by atoms with Gasteiger partial charge < -0.3 is 9.67 Å². The molecule has 0 spiro atoms. The normalized spacial score (nSPS) is 17.0. The summed E-state index contributed by atoms with van der Waals surface area (Å²) in [6.45, 7) is 0.940. The maximum Gasteiger partial charge on any atom is 0.320 e. The van der Waals surface area contributed by atoms with Crippen molar-refractivity contribution in [2.45, 2.75) is 13.1 Å². The van der Waals surface area contributed by atoms with Crippen molar-refractivity contribution in [2.24, 2.45) is 0 Å². The number of aromatic nitrogens is 2. The Bertz CT molecular complexity index is 507. The Balaban J connectivity index is 2.17. The van der Waals surface area contributed by atoms with Gasteiger partial charge in [-0.3, -0.25) is 4.79 Å². The Morgan fingerprint density at radius 1 is 1.50 bits per heavy atom. The molecule has 0 saturated carbocycles. The van der Waals surface area contributed by atoms with Gasteiger partial charge in [0.15, 0.2) is 5.75 Å². The third-order valence-corrected chi connectivity index (χ3v) is 4.12. The van der Waals surface area contributed by atoms with Gasteiger partial charge in [0.05, 0.1) is 6.54 Å².